The molecule has 0 aliphatic carbocycles. The van der Waals surface area contributed by atoms with E-state index in [9.17, 15) is 4.79 Å². The van der Waals surface area contributed by atoms with Crippen LogP contribution in [0, 0.1) is 0 Å². The van der Waals surface area contributed by atoms with Crippen LogP contribution in [0.5, 0.6) is 5.75 Å². The second kappa shape index (κ2) is 4.56. The molecule has 0 saturated heterocycles. The summed E-state index contributed by atoms with van der Waals surface area (Å²) >= 11 is 0. The molecule has 6 heteroatoms. The van der Waals surface area contributed by atoms with Crippen LogP contribution in [0.4, 0.5) is 11.5 Å². The third-order valence-corrected chi connectivity index (χ3v) is 2.86. The first-order valence-electron chi connectivity index (χ1n) is 5.87. The topological polar surface area (TPSA) is 81.3 Å². The van der Waals surface area contributed by atoms with Gasteiger partial charge in [-0.2, -0.15) is 0 Å². The van der Waals surface area contributed by atoms with Gasteiger partial charge in [0.2, 0.25) is 0 Å². The van der Waals surface area contributed by atoms with Gasteiger partial charge in [0.25, 0.3) is 5.91 Å². The highest BCUT2D eigenvalue weighted by molar-refractivity contribution is 6.05. The Morgan fingerprint density at radius 2 is 2.11 bits per heavy atom. The van der Waals surface area contributed by atoms with Gasteiger partial charge in [-0.1, -0.05) is 12.1 Å². The summed E-state index contributed by atoms with van der Waals surface area (Å²) in [6.45, 7) is 0.951. The predicted octanol–water partition coefficient (Wildman–Crippen LogP) is 1.10. The van der Waals surface area contributed by atoms with Gasteiger partial charge in [-0.3, -0.25) is 4.79 Å². The molecule has 0 saturated carbocycles. The summed E-state index contributed by atoms with van der Waals surface area (Å²) in [6.07, 6.45) is 2.76. The molecule has 0 atom stereocenters. The number of aromatic nitrogens is 2. The lowest BCUT2D eigenvalue weighted by Gasteiger charge is -2.29. The molecule has 0 unspecified atom stereocenters. The van der Waals surface area contributed by atoms with Gasteiger partial charge in [0.15, 0.2) is 0 Å². The molecule has 0 radical (unpaired) electrons. The Balaban J connectivity index is 1.95. The summed E-state index contributed by atoms with van der Waals surface area (Å²) in [5.74, 6) is 0.785. The number of nitrogen functional groups attached to an aromatic ring is 1. The minimum absolute atomic E-state index is 0.205. The molecule has 1 amide bonds. The summed E-state index contributed by atoms with van der Waals surface area (Å²) in [4.78, 5) is 21.9. The average Bonchev–Trinajstić information content (AvgIpc) is 2.47. The molecule has 2 aromatic rings. The number of fused-ring (bicyclic) bond motifs is 1. The molecule has 1 aliphatic rings. The van der Waals surface area contributed by atoms with Gasteiger partial charge in [0.1, 0.15) is 23.9 Å². The third kappa shape index (κ3) is 2.08. The van der Waals surface area contributed by atoms with E-state index < -0.39 is 0 Å². The van der Waals surface area contributed by atoms with Gasteiger partial charge in [0.05, 0.1) is 24.6 Å². The molecule has 0 bridgehead atoms. The molecule has 1 aromatic heterocycles. The van der Waals surface area contributed by atoms with Crippen molar-refractivity contribution in [3.8, 4) is 5.75 Å². The number of nitrogens with two attached hydrogens (primary N) is 1. The maximum absolute atomic E-state index is 12.4. The molecule has 3 rings (SSSR count). The van der Waals surface area contributed by atoms with Crippen LogP contribution in [0.3, 0.4) is 0 Å². The lowest BCUT2D eigenvalue weighted by Crippen LogP contribution is -2.38. The van der Waals surface area contributed by atoms with Gasteiger partial charge in [-0.25, -0.2) is 9.97 Å². The third-order valence-electron chi connectivity index (χ3n) is 2.86. The van der Waals surface area contributed by atoms with Gasteiger partial charge in [-0.05, 0) is 12.1 Å². The first kappa shape index (κ1) is 11.5. The van der Waals surface area contributed by atoms with Gasteiger partial charge < -0.3 is 15.4 Å². The van der Waals surface area contributed by atoms with Crippen LogP contribution in [0.15, 0.2) is 36.7 Å². The number of para-hydroxylation sites is 2. The van der Waals surface area contributed by atoms with E-state index in [0.29, 0.717) is 24.7 Å². The van der Waals surface area contributed by atoms with Crippen molar-refractivity contribution >= 4 is 17.4 Å². The molecule has 2 N–H and O–H groups in total. The van der Waals surface area contributed by atoms with E-state index in [2.05, 4.69) is 9.97 Å². The molecular formula is C13H12N4O2. The summed E-state index contributed by atoms with van der Waals surface area (Å²) < 4.78 is 5.51. The molecule has 19 heavy (non-hydrogen) atoms. The fourth-order valence-electron chi connectivity index (χ4n) is 1.97. The minimum Gasteiger partial charge on any atom is -0.490 e. The first-order valence-corrected chi connectivity index (χ1v) is 5.87. The van der Waals surface area contributed by atoms with E-state index in [1.807, 2.05) is 24.3 Å². The van der Waals surface area contributed by atoms with Crippen molar-refractivity contribution in [1.29, 1.82) is 0 Å². The monoisotopic (exact) mass is 256 g/mol. The van der Waals surface area contributed by atoms with Crippen molar-refractivity contribution in [3.63, 3.8) is 0 Å². The van der Waals surface area contributed by atoms with E-state index in [-0.39, 0.29) is 11.6 Å². The zero-order chi connectivity index (χ0) is 13.2. The van der Waals surface area contributed by atoms with Crippen LogP contribution in [-0.4, -0.2) is 29.0 Å². The van der Waals surface area contributed by atoms with Crippen LogP contribution in [0.1, 0.15) is 10.5 Å². The van der Waals surface area contributed by atoms with E-state index in [1.165, 1.54) is 12.4 Å². The van der Waals surface area contributed by atoms with Gasteiger partial charge >= 0.3 is 0 Å². The standard InChI is InChI=1S/C13H12N4O2/c14-12-8-15-9(7-16-12)13(18)17-5-6-19-11-4-2-1-3-10(11)17/h1-4,7-8H,5-6H2,(H2,14,16). The highest BCUT2D eigenvalue weighted by atomic mass is 16.5. The highest BCUT2D eigenvalue weighted by Crippen LogP contribution is 2.31. The van der Waals surface area contributed by atoms with E-state index in [4.69, 9.17) is 10.5 Å². The van der Waals surface area contributed by atoms with E-state index >= 15 is 0 Å². The fourth-order valence-corrected chi connectivity index (χ4v) is 1.97. The number of nitrogens with zero attached hydrogens (tertiary/aromatic N) is 3. The number of carbonyl (C=O) groups excluding carboxylic acids is 1. The van der Waals surface area contributed by atoms with Crippen LogP contribution in [0.2, 0.25) is 0 Å². The molecule has 0 fully saturated rings. The van der Waals surface area contributed by atoms with Crippen molar-refractivity contribution in [2.24, 2.45) is 0 Å². The number of benzene rings is 1. The van der Waals surface area contributed by atoms with Crippen LogP contribution in [-0.2, 0) is 0 Å². The summed E-state index contributed by atoms with van der Waals surface area (Å²) in [5.41, 5.74) is 6.48. The zero-order valence-electron chi connectivity index (χ0n) is 10.1. The molecule has 0 spiro atoms. The van der Waals surface area contributed by atoms with Crippen LogP contribution in [0.25, 0.3) is 0 Å². The zero-order valence-corrected chi connectivity index (χ0v) is 10.1. The van der Waals surface area contributed by atoms with Gasteiger partial charge in [-0.15, -0.1) is 0 Å². The van der Waals surface area contributed by atoms with Crippen LogP contribution < -0.4 is 15.4 Å². The summed E-state index contributed by atoms with van der Waals surface area (Å²) in [5, 5.41) is 0. The van der Waals surface area contributed by atoms with Crippen molar-refractivity contribution in [3.05, 3.63) is 42.4 Å². The maximum Gasteiger partial charge on any atom is 0.278 e. The Bertz CT molecular complexity index is 612. The van der Waals surface area contributed by atoms with E-state index in [1.54, 1.807) is 4.90 Å². The first-order chi connectivity index (χ1) is 9.25. The van der Waals surface area contributed by atoms with Crippen molar-refractivity contribution in [2.75, 3.05) is 23.8 Å². The quantitative estimate of drug-likeness (QED) is 0.826. The van der Waals surface area contributed by atoms with E-state index in [0.717, 1.165) is 5.69 Å². The SMILES string of the molecule is Nc1cnc(C(=O)N2CCOc3ccccc32)cn1. The number of amides is 1. The molecule has 1 aliphatic heterocycles. The fraction of sp³-hybridized carbons (Fsp3) is 0.154. The number of anilines is 2. The molecular weight excluding hydrogens is 244 g/mol. The second-order valence-corrected chi connectivity index (χ2v) is 4.10. The number of rotatable bonds is 1. The highest BCUT2D eigenvalue weighted by Gasteiger charge is 2.25. The molecule has 6 nitrogen and oxygen atoms in total. The summed E-state index contributed by atoms with van der Waals surface area (Å²) in [6, 6.07) is 7.42. The van der Waals surface area contributed by atoms with Gasteiger partial charge in [0, 0.05) is 0 Å². The minimum atomic E-state index is -0.205. The average molecular weight is 256 g/mol. The normalized spacial score (nSPS) is 13.6. The van der Waals surface area contributed by atoms with Crippen LogP contribution >= 0.6 is 0 Å². The Hall–Kier alpha value is -2.63. The van der Waals surface area contributed by atoms with Crippen molar-refractivity contribution in [2.45, 2.75) is 0 Å². The Labute approximate surface area is 109 Å². The molecule has 1 aromatic carbocycles. The second-order valence-electron chi connectivity index (χ2n) is 4.10. The Morgan fingerprint density at radius 3 is 2.89 bits per heavy atom. The molecule has 96 valence electrons. The largest absolute Gasteiger partial charge is 0.490 e. The number of carbonyl (C=O) groups is 1. The smallest absolute Gasteiger partial charge is 0.278 e. The Morgan fingerprint density at radius 1 is 1.26 bits per heavy atom. The maximum atomic E-state index is 12.4. The number of hydrogen-bond donors (Lipinski definition) is 1. The number of ether oxygens (including phenoxy) is 1. The summed E-state index contributed by atoms with van der Waals surface area (Å²) in [7, 11) is 0. The van der Waals surface area contributed by atoms with Crippen molar-refractivity contribution < 1.29 is 9.53 Å². The number of hydrogen-bond acceptors (Lipinski definition) is 5. The van der Waals surface area contributed by atoms with Crippen molar-refractivity contribution in [1.82, 2.24) is 9.97 Å². The Kier molecular flexibility index (Phi) is 2.75. The molecule has 2 heterocycles. The lowest BCUT2D eigenvalue weighted by molar-refractivity contribution is 0.0971. The lowest BCUT2D eigenvalue weighted by atomic mass is 10.2. The predicted molar refractivity (Wildman–Crippen MR) is 70.1 cm³/mol.